The third-order valence-electron chi connectivity index (χ3n) is 1.63. The Bertz CT molecular complexity index is 426. The number of nitrogens with zero attached hydrogens (tertiary/aromatic N) is 1. The molecule has 0 bridgehead atoms. The van der Waals surface area contributed by atoms with E-state index >= 15 is 0 Å². The molecule has 14 heavy (non-hydrogen) atoms. The lowest BCUT2D eigenvalue weighted by Crippen LogP contribution is -2.02. The largest absolute Gasteiger partial charge is 0.507 e. The number of aromatic hydroxyl groups is 1. The second kappa shape index (κ2) is 4.07. The number of phenolic OH excluding ortho intramolecular Hbond substituents is 1. The van der Waals surface area contributed by atoms with Gasteiger partial charge in [-0.05, 0) is 6.07 Å². The van der Waals surface area contributed by atoms with E-state index in [1.807, 2.05) is 0 Å². The Hall–Kier alpha value is -1.60. The van der Waals surface area contributed by atoms with Crippen LogP contribution in [0, 0.1) is 17.1 Å². The van der Waals surface area contributed by atoms with E-state index in [1.165, 1.54) is 0 Å². The summed E-state index contributed by atoms with van der Waals surface area (Å²) in [7, 11) is 0. The van der Waals surface area contributed by atoms with E-state index in [4.69, 9.17) is 16.9 Å². The molecule has 0 heterocycles. The van der Waals surface area contributed by atoms with Crippen LogP contribution in [0.4, 0.5) is 4.39 Å². The number of nitriles is 1. The molecule has 5 heteroatoms. The highest BCUT2D eigenvalue weighted by molar-refractivity contribution is 6.30. The normalized spacial score (nSPS) is 9.50. The first-order chi connectivity index (χ1) is 6.60. The highest BCUT2D eigenvalue weighted by Gasteiger charge is 2.14. The van der Waals surface area contributed by atoms with Gasteiger partial charge in [-0.15, -0.1) is 11.6 Å². The number of carbonyl (C=O) groups excluding carboxylic acids is 1. The first-order valence-corrected chi connectivity index (χ1v) is 4.15. The van der Waals surface area contributed by atoms with Crippen molar-refractivity contribution in [3.63, 3.8) is 0 Å². The van der Waals surface area contributed by atoms with E-state index in [-0.39, 0.29) is 17.0 Å². The van der Waals surface area contributed by atoms with Gasteiger partial charge in [-0.25, -0.2) is 4.39 Å². The van der Waals surface area contributed by atoms with Gasteiger partial charge in [0.1, 0.15) is 17.6 Å². The SMILES string of the molecule is N#Cc1cc(C(=O)CCl)c(O)cc1F. The highest BCUT2D eigenvalue weighted by Crippen LogP contribution is 2.22. The maximum atomic E-state index is 12.9. The molecular formula is C9H5ClFNO2. The van der Waals surface area contributed by atoms with Gasteiger partial charge in [0.2, 0.25) is 0 Å². The van der Waals surface area contributed by atoms with Gasteiger partial charge < -0.3 is 5.11 Å². The van der Waals surface area contributed by atoms with Crippen LogP contribution in [0.3, 0.4) is 0 Å². The predicted octanol–water partition coefficient (Wildman–Crippen LogP) is 1.82. The van der Waals surface area contributed by atoms with E-state index in [9.17, 15) is 14.3 Å². The summed E-state index contributed by atoms with van der Waals surface area (Å²) in [5.41, 5.74) is -0.436. The van der Waals surface area contributed by atoms with Gasteiger partial charge in [0.05, 0.1) is 17.0 Å². The molecule has 0 amide bonds. The molecule has 1 N–H and O–H groups in total. The zero-order valence-electron chi connectivity index (χ0n) is 6.92. The predicted molar refractivity (Wildman–Crippen MR) is 47.8 cm³/mol. The second-order valence-electron chi connectivity index (χ2n) is 2.52. The lowest BCUT2D eigenvalue weighted by molar-refractivity contribution is 0.101. The Morgan fingerprint density at radius 3 is 2.79 bits per heavy atom. The third-order valence-corrected chi connectivity index (χ3v) is 1.87. The summed E-state index contributed by atoms with van der Waals surface area (Å²) in [5.74, 6) is -2.26. The van der Waals surface area contributed by atoms with Crippen LogP contribution in [0.5, 0.6) is 5.75 Å². The molecule has 3 nitrogen and oxygen atoms in total. The van der Waals surface area contributed by atoms with Crippen molar-refractivity contribution < 1.29 is 14.3 Å². The third kappa shape index (κ3) is 1.83. The number of ketones is 1. The quantitative estimate of drug-likeness (QED) is 0.602. The molecule has 0 atom stereocenters. The monoisotopic (exact) mass is 213 g/mol. The minimum Gasteiger partial charge on any atom is -0.507 e. The second-order valence-corrected chi connectivity index (χ2v) is 2.79. The van der Waals surface area contributed by atoms with Crippen LogP contribution in [-0.4, -0.2) is 16.8 Å². The van der Waals surface area contributed by atoms with E-state index in [0.717, 1.165) is 12.1 Å². The highest BCUT2D eigenvalue weighted by atomic mass is 35.5. The van der Waals surface area contributed by atoms with Crippen LogP contribution < -0.4 is 0 Å². The molecule has 0 saturated carbocycles. The number of phenols is 1. The molecule has 0 unspecified atom stereocenters. The molecule has 0 spiro atoms. The van der Waals surface area contributed by atoms with Gasteiger partial charge in [0.25, 0.3) is 0 Å². The topological polar surface area (TPSA) is 61.1 Å². The summed E-state index contributed by atoms with van der Waals surface area (Å²) >= 11 is 5.26. The molecule has 0 aliphatic heterocycles. The van der Waals surface area contributed by atoms with Gasteiger partial charge >= 0.3 is 0 Å². The fourth-order valence-corrected chi connectivity index (χ4v) is 1.09. The maximum Gasteiger partial charge on any atom is 0.181 e. The van der Waals surface area contributed by atoms with E-state index in [2.05, 4.69) is 0 Å². The molecule has 72 valence electrons. The van der Waals surface area contributed by atoms with Crippen molar-refractivity contribution in [3.8, 4) is 11.8 Å². The van der Waals surface area contributed by atoms with Crippen LogP contribution in [0.2, 0.25) is 0 Å². The minimum atomic E-state index is -0.865. The van der Waals surface area contributed by atoms with Gasteiger partial charge in [0.15, 0.2) is 5.78 Å². The molecule has 0 aromatic heterocycles. The number of hydrogen-bond donors (Lipinski definition) is 1. The first kappa shape index (κ1) is 10.5. The summed E-state index contributed by atoms with van der Waals surface area (Å²) < 4.78 is 12.9. The van der Waals surface area contributed by atoms with Crippen LogP contribution in [0.15, 0.2) is 12.1 Å². The smallest absolute Gasteiger partial charge is 0.181 e. The minimum absolute atomic E-state index is 0.141. The van der Waals surface area contributed by atoms with Gasteiger partial charge in [-0.2, -0.15) is 5.26 Å². The first-order valence-electron chi connectivity index (χ1n) is 3.62. The zero-order valence-corrected chi connectivity index (χ0v) is 7.68. The summed E-state index contributed by atoms with van der Waals surface area (Å²) in [5, 5.41) is 17.7. The summed E-state index contributed by atoms with van der Waals surface area (Å²) in [4.78, 5) is 11.1. The molecule has 0 saturated heterocycles. The van der Waals surface area contributed by atoms with Gasteiger partial charge in [-0.1, -0.05) is 0 Å². The van der Waals surface area contributed by atoms with E-state index in [1.54, 1.807) is 6.07 Å². The number of carbonyl (C=O) groups is 1. The fraction of sp³-hybridized carbons (Fsp3) is 0.111. The number of hydrogen-bond acceptors (Lipinski definition) is 3. The van der Waals surface area contributed by atoms with Crippen molar-refractivity contribution >= 4 is 17.4 Å². The molecular weight excluding hydrogens is 209 g/mol. The molecule has 0 fully saturated rings. The number of rotatable bonds is 2. The lowest BCUT2D eigenvalue weighted by atomic mass is 10.1. The van der Waals surface area contributed by atoms with Crippen molar-refractivity contribution in [1.29, 1.82) is 5.26 Å². The Labute approximate surface area is 84.3 Å². The fourth-order valence-electron chi connectivity index (χ4n) is 0.944. The van der Waals surface area contributed by atoms with Crippen molar-refractivity contribution in [2.45, 2.75) is 0 Å². The van der Waals surface area contributed by atoms with Crippen LogP contribution in [0.25, 0.3) is 0 Å². The van der Waals surface area contributed by atoms with Crippen molar-refractivity contribution in [3.05, 3.63) is 29.1 Å². The summed E-state index contributed by atoms with van der Waals surface area (Å²) in [6, 6.07) is 3.26. The zero-order chi connectivity index (χ0) is 10.7. The van der Waals surface area contributed by atoms with Crippen molar-refractivity contribution in [1.82, 2.24) is 0 Å². The molecule has 1 aromatic rings. The Morgan fingerprint density at radius 2 is 2.29 bits per heavy atom. The van der Waals surface area contributed by atoms with Gasteiger partial charge in [0, 0.05) is 6.07 Å². The number of halogens is 2. The van der Waals surface area contributed by atoms with Crippen LogP contribution in [0.1, 0.15) is 15.9 Å². The molecule has 0 aliphatic carbocycles. The van der Waals surface area contributed by atoms with E-state index in [0.29, 0.717) is 0 Å². The van der Waals surface area contributed by atoms with Gasteiger partial charge in [-0.3, -0.25) is 4.79 Å². The molecule has 0 aliphatic rings. The molecule has 0 radical (unpaired) electrons. The summed E-state index contributed by atoms with van der Waals surface area (Å²) in [6.45, 7) is 0. The molecule has 1 aromatic carbocycles. The van der Waals surface area contributed by atoms with E-state index < -0.39 is 17.3 Å². The number of alkyl halides is 1. The number of benzene rings is 1. The van der Waals surface area contributed by atoms with Crippen LogP contribution in [-0.2, 0) is 0 Å². The Balaban J connectivity index is 3.33. The maximum absolute atomic E-state index is 12.9. The average molecular weight is 214 g/mol. The number of Topliss-reactive ketones (excluding diaryl/α,β-unsaturated/α-hetero) is 1. The standard InChI is InChI=1S/C9H5ClFNO2/c10-3-9(14)6-1-5(4-12)7(11)2-8(6)13/h1-2,13H,3H2. The molecule has 1 rings (SSSR count). The summed E-state index contributed by atoms with van der Waals surface area (Å²) in [6.07, 6.45) is 0. The lowest BCUT2D eigenvalue weighted by Gasteiger charge is -2.02. The Morgan fingerprint density at radius 1 is 1.64 bits per heavy atom. The Kier molecular flexibility index (Phi) is 3.05. The van der Waals surface area contributed by atoms with Crippen molar-refractivity contribution in [2.24, 2.45) is 0 Å². The van der Waals surface area contributed by atoms with Crippen molar-refractivity contribution in [2.75, 3.05) is 5.88 Å². The average Bonchev–Trinajstić information content (AvgIpc) is 2.17. The van der Waals surface area contributed by atoms with Crippen LogP contribution >= 0.6 is 11.6 Å².